The van der Waals surface area contributed by atoms with Gasteiger partial charge in [0.25, 0.3) is 0 Å². The van der Waals surface area contributed by atoms with Crippen molar-refractivity contribution in [2.24, 2.45) is 5.92 Å². The van der Waals surface area contributed by atoms with Crippen LogP contribution in [0.4, 0.5) is 13.2 Å². The highest BCUT2D eigenvalue weighted by Crippen LogP contribution is 2.33. The van der Waals surface area contributed by atoms with Gasteiger partial charge in [-0.15, -0.1) is 0 Å². The van der Waals surface area contributed by atoms with Gasteiger partial charge in [0.1, 0.15) is 12.4 Å². The average Bonchev–Trinajstić information content (AvgIpc) is 2.70. The van der Waals surface area contributed by atoms with Crippen molar-refractivity contribution in [1.82, 2.24) is 4.90 Å². The van der Waals surface area contributed by atoms with Crippen LogP contribution < -0.4 is 4.74 Å². The second kappa shape index (κ2) is 7.34. The molecule has 5 rings (SSSR count). The summed E-state index contributed by atoms with van der Waals surface area (Å²) in [7, 11) is 0. The van der Waals surface area contributed by atoms with E-state index in [4.69, 9.17) is 4.74 Å². The van der Waals surface area contributed by atoms with Crippen molar-refractivity contribution in [1.29, 1.82) is 0 Å². The van der Waals surface area contributed by atoms with Gasteiger partial charge in [-0.05, 0) is 54.3 Å². The van der Waals surface area contributed by atoms with Crippen molar-refractivity contribution in [3.05, 3.63) is 70.9 Å². The standard InChI is InChI=1S/C22H20F3NO2/c23-22(24,25)18-3-1-2-16(12-18)14-28-19-6-4-15(5-7-19)13-20-21(27)17-8-10-26(20)11-9-17/h1-7,12-13,17H,8-11,14H2/b20-13+. The van der Waals surface area contributed by atoms with Crippen LogP contribution in [0, 0.1) is 5.92 Å². The van der Waals surface area contributed by atoms with Crippen molar-refractivity contribution >= 4 is 11.9 Å². The van der Waals surface area contributed by atoms with Gasteiger partial charge in [0, 0.05) is 19.0 Å². The summed E-state index contributed by atoms with van der Waals surface area (Å²) in [6.45, 7) is 1.92. The lowest BCUT2D eigenvalue weighted by Gasteiger charge is -2.41. The maximum Gasteiger partial charge on any atom is 0.416 e. The molecule has 0 atom stereocenters. The average molecular weight is 387 g/mol. The number of halogens is 3. The molecule has 2 aromatic rings. The summed E-state index contributed by atoms with van der Waals surface area (Å²) in [5, 5.41) is 0. The lowest BCUT2D eigenvalue weighted by atomic mass is 9.84. The quantitative estimate of drug-likeness (QED) is 0.698. The lowest BCUT2D eigenvalue weighted by molar-refractivity contribution is -0.137. The molecule has 3 aliphatic rings. The Bertz CT molecular complexity index is 895. The number of ether oxygens (including phenoxy) is 1. The predicted molar refractivity (Wildman–Crippen MR) is 99.5 cm³/mol. The normalized spacial score (nSPS) is 18.8. The maximum atomic E-state index is 12.8. The number of ketones is 1. The maximum absolute atomic E-state index is 12.8. The number of nitrogens with zero attached hydrogens (tertiary/aromatic N) is 1. The van der Waals surface area contributed by atoms with Crippen LogP contribution in [-0.2, 0) is 17.6 Å². The molecule has 0 radical (unpaired) electrons. The number of fused-ring (bicyclic) bond motifs is 3. The van der Waals surface area contributed by atoms with Crippen LogP contribution in [-0.4, -0.2) is 23.8 Å². The Morgan fingerprint density at radius 2 is 1.79 bits per heavy atom. The summed E-state index contributed by atoms with van der Waals surface area (Å²) in [4.78, 5) is 14.5. The Labute approximate surface area is 161 Å². The van der Waals surface area contributed by atoms with Crippen molar-refractivity contribution in [3.63, 3.8) is 0 Å². The van der Waals surface area contributed by atoms with E-state index in [0.29, 0.717) is 11.3 Å². The Hall–Kier alpha value is -2.76. The summed E-state index contributed by atoms with van der Waals surface area (Å²) >= 11 is 0. The first-order valence-electron chi connectivity index (χ1n) is 9.30. The van der Waals surface area contributed by atoms with Crippen LogP contribution in [0.2, 0.25) is 0 Å². The van der Waals surface area contributed by atoms with Gasteiger partial charge in [0.15, 0.2) is 5.78 Å². The van der Waals surface area contributed by atoms with E-state index in [-0.39, 0.29) is 18.3 Å². The molecule has 0 aromatic heterocycles. The Balaban J connectivity index is 1.42. The molecule has 6 heteroatoms. The van der Waals surface area contributed by atoms with Crippen LogP contribution in [0.3, 0.4) is 0 Å². The topological polar surface area (TPSA) is 29.5 Å². The SMILES string of the molecule is O=C1/C(=C\c2ccc(OCc3cccc(C(F)(F)F)c3)cc2)N2CCC1CC2. The molecule has 0 saturated carbocycles. The number of alkyl halides is 3. The monoisotopic (exact) mass is 387 g/mol. The van der Waals surface area contributed by atoms with Crippen molar-refractivity contribution in [2.75, 3.05) is 13.1 Å². The molecule has 3 fully saturated rings. The third kappa shape index (κ3) is 3.91. The van der Waals surface area contributed by atoms with Crippen molar-refractivity contribution in [3.8, 4) is 5.75 Å². The molecule has 0 aliphatic carbocycles. The van der Waals surface area contributed by atoms with Gasteiger partial charge < -0.3 is 9.64 Å². The molecule has 0 unspecified atom stereocenters. The predicted octanol–water partition coefficient (Wildman–Crippen LogP) is 4.92. The molecule has 3 aliphatic heterocycles. The van der Waals surface area contributed by atoms with Crippen molar-refractivity contribution in [2.45, 2.75) is 25.6 Å². The fourth-order valence-electron chi connectivity index (χ4n) is 3.73. The first-order valence-corrected chi connectivity index (χ1v) is 9.30. The number of Topliss-reactive ketones (excluding diaryl/α,β-unsaturated/α-hetero) is 1. The number of benzene rings is 2. The molecular weight excluding hydrogens is 367 g/mol. The van der Waals surface area contributed by atoms with Gasteiger partial charge in [-0.1, -0.05) is 24.3 Å². The van der Waals surface area contributed by atoms with E-state index in [0.717, 1.165) is 49.3 Å². The zero-order valence-corrected chi connectivity index (χ0v) is 15.2. The van der Waals surface area contributed by atoms with Gasteiger partial charge in [0.2, 0.25) is 0 Å². The second-order valence-corrected chi connectivity index (χ2v) is 7.21. The first-order chi connectivity index (χ1) is 13.4. The molecule has 2 aromatic carbocycles. The first kappa shape index (κ1) is 18.6. The Kier molecular flexibility index (Phi) is 4.87. The van der Waals surface area contributed by atoms with E-state index < -0.39 is 11.7 Å². The number of piperidine rings is 3. The van der Waals surface area contributed by atoms with E-state index in [1.165, 1.54) is 6.07 Å². The van der Waals surface area contributed by atoms with Crippen LogP contribution >= 0.6 is 0 Å². The van der Waals surface area contributed by atoms with Crippen LogP contribution in [0.15, 0.2) is 54.2 Å². The smallest absolute Gasteiger partial charge is 0.416 e. The zero-order chi connectivity index (χ0) is 19.7. The molecule has 3 saturated heterocycles. The number of carbonyl (C=O) groups is 1. The summed E-state index contributed by atoms with van der Waals surface area (Å²) in [5.41, 5.74) is 1.46. The van der Waals surface area contributed by atoms with Crippen LogP contribution in [0.5, 0.6) is 5.75 Å². The second-order valence-electron chi connectivity index (χ2n) is 7.21. The highest BCUT2D eigenvalue weighted by Gasteiger charge is 2.36. The third-order valence-electron chi connectivity index (χ3n) is 5.30. The molecule has 0 amide bonds. The van der Waals surface area contributed by atoms with Crippen LogP contribution in [0.25, 0.3) is 6.08 Å². The molecular formula is C22H20F3NO2. The van der Waals surface area contributed by atoms with E-state index in [9.17, 15) is 18.0 Å². The van der Waals surface area contributed by atoms with E-state index in [2.05, 4.69) is 4.90 Å². The van der Waals surface area contributed by atoms with Gasteiger partial charge in [-0.25, -0.2) is 0 Å². The van der Waals surface area contributed by atoms with Gasteiger partial charge in [0.05, 0.1) is 11.3 Å². The van der Waals surface area contributed by atoms with Gasteiger partial charge in [-0.3, -0.25) is 4.79 Å². The Morgan fingerprint density at radius 1 is 1.07 bits per heavy atom. The van der Waals surface area contributed by atoms with Crippen LogP contribution in [0.1, 0.15) is 29.5 Å². The molecule has 0 spiro atoms. The highest BCUT2D eigenvalue weighted by atomic mass is 19.4. The number of allylic oxidation sites excluding steroid dienone is 1. The number of hydrogen-bond donors (Lipinski definition) is 0. The van der Waals surface area contributed by atoms with Gasteiger partial charge in [-0.2, -0.15) is 13.2 Å². The summed E-state index contributed by atoms with van der Waals surface area (Å²) < 4.78 is 43.9. The highest BCUT2D eigenvalue weighted by molar-refractivity contribution is 6.01. The summed E-state index contributed by atoms with van der Waals surface area (Å²) in [5.74, 6) is 0.949. The molecule has 0 N–H and O–H groups in total. The summed E-state index contributed by atoms with van der Waals surface area (Å²) in [6.07, 6.45) is -0.571. The van der Waals surface area contributed by atoms with Gasteiger partial charge >= 0.3 is 6.18 Å². The molecule has 146 valence electrons. The van der Waals surface area contributed by atoms with E-state index >= 15 is 0 Å². The minimum absolute atomic E-state index is 0.0539. The fraction of sp³-hybridized carbons (Fsp3) is 0.318. The third-order valence-corrected chi connectivity index (χ3v) is 5.30. The van der Waals surface area contributed by atoms with E-state index in [1.54, 1.807) is 18.2 Å². The minimum atomic E-state index is -4.36. The lowest BCUT2D eigenvalue weighted by Crippen LogP contribution is -2.45. The molecule has 3 nitrogen and oxygen atoms in total. The minimum Gasteiger partial charge on any atom is -0.489 e. The summed E-state index contributed by atoms with van der Waals surface area (Å²) in [6, 6.07) is 12.4. The van der Waals surface area contributed by atoms with E-state index in [1.807, 2.05) is 18.2 Å². The fourth-order valence-corrected chi connectivity index (χ4v) is 3.73. The number of rotatable bonds is 4. The zero-order valence-electron chi connectivity index (χ0n) is 15.2. The number of hydrogen-bond acceptors (Lipinski definition) is 3. The number of carbonyl (C=O) groups excluding carboxylic acids is 1. The van der Waals surface area contributed by atoms with Crippen molar-refractivity contribution < 1.29 is 22.7 Å². The molecule has 2 bridgehead atoms. The molecule has 28 heavy (non-hydrogen) atoms. The molecule has 3 heterocycles. The Morgan fingerprint density at radius 3 is 2.43 bits per heavy atom. The largest absolute Gasteiger partial charge is 0.489 e.